The minimum absolute atomic E-state index is 0.0511. The van der Waals surface area contributed by atoms with Crippen molar-refractivity contribution in [2.24, 2.45) is 0 Å². The maximum absolute atomic E-state index is 11.5. The van der Waals surface area contributed by atoms with Crippen LogP contribution in [-0.4, -0.2) is 24.8 Å². The van der Waals surface area contributed by atoms with Crippen molar-refractivity contribution in [1.29, 1.82) is 0 Å². The summed E-state index contributed by atoms with van der Waals surface area (Å²) in [7, 11) is -3.32. The summed E-state index contributed by atoms with van der Waals surface area (Å²) in [5.41, 5.74) is 2.32. The molecule has 1 fully saturated rings. The zero-order valence-corrected chi connectivity index (χ0v) is 18.3. The molecule has 0 spiro atoms. The van der Waals surface area contributed by atoms with Crippen molar-refractivity contribution in [2.45, 2.75) is 19.0 Å². The molecule has 1 saturated heterocycles. The molecule has 0 saturated carbocycles. The molecule has 29 heavy (non-hydrogen) atoms. The summed E-state index contributed by atoms with van der Waals surface area (Å²) < 4.78 is 25.4. The van der Waals surface area contributed by atoms with Gasteiger partial charge in [-0.05, 0) is 67.7 Å². The molecule has 0 radical (unpaired) electrons. The predicted octanol–water partition coefficient (Wildman–Crippen LogP) is 4.00. The number of aromatic nitrogens is 1. The minimum atomic E-state index is -3.32. The van der Waals surface area contributed by atoms with E-state index in [-0.39, 0.29) is 12.1 Å². The summed E-state index contributed by atoms with van der Waals surface area (Å²) in [6.45, 7) is 2.08. The second kappa shape index (κ2) is 7.74. The number of hydrogen-bond acceptors (Lipinski definition) is 5. The molecule has 6 nitrogen and oxygen atoms in total. The van der Waals surface area contributed by atoms with Crippen LogP contribution in [0.25, 0.3) is 0 Å². The van der Waals surface area contributed by atoms with Crippen molar-refractivity contribution in [2.75, 3.05) is 15.9 Å². The average molecular weight is 445 g/mol. The van der Waals surface area contributed by atoms with Crippen molar-refractivity contribution in [3.8, 4) is 0 Å². The monoisotopic (exact) mass is 444 g/mol. The molecule has 1 aliphatic heterocycles. The molecule has 9 heteroatoms. The summed E-state index contributed by atoms with van der Waals surface area (Å²) in [6.07, 6.45) is 2.91. The van der Waals surface area contributed by atoms with Crippen LogP contribution < -0.4 is 14.9 Å². The molecule has 0 amide bonds. The van der Waals surface area contributed by atoms with Gasteiger partial charge in [-0.1, -0.05) is 6.07 Å². The molecule has 0 aliphatic carbocycles. The standard InChI is InChI=1S/C20H20N4O2S3/c1-13-6-11-17(28-13)19-18(16-5-3-4-12-21-16)22-20(27)24(19)15-9-7-14(8-10-15)23-29(2,25)26/h3-12,18-19,23H,1-2H3,(H,22,27)/t18-,19+/m1/s1. The van der Waals surface area contributed by atoms with E-state index >= 15 is 0 Å². The lowest BCUT2D eigenvalue weighted by molar-refractivity contribution is 0.575. The number of sulfonamides is 1. The highest BCUT2D eigenvalue weighted by atomic mass is 32.2. The minimum Gasteiger partial charge on any atom is -0.351 e. The third-order valence-corrected chi connectivity index (χ3v) is 6.59. The van der Waals surface area contributed by atoms with Crippen LogP contribution in [0.15, 0.2) is 60.8 Å². The third-order valence-electron chi connectivity index (χ3n) is 4.60. The van der Waals surface area contributed by atoms with E-state index in [0.717, 1.165) is 17.6 Å². The Balaban J connectivity index is 1.73. The van der Waals surface area contributed by atoms with Crippen LogP contribution in [0.2, 0.25) is 0 Å². The van der Waals surface area contributed by atoms with Gasteiger partial charge in [-0.25, -0.2) is 8.42 Å². The Morgan fingerprint density at radius 1 is 1.14 bits per heavy atom. The number of rotatable bonds is 5. The number of pyridine rings is 1. The molecule has 3 heterocycles. The Bertz CT molecular complexity index is 1130. The van der Waals surface area contributed by atoms with E-state index in [1.807, 2.05) is 30.3 Å². The number of nitrogens with zero attached hydrogens (tertiary/aromatic N) is 2. The highest BCUT2D eigenvalue weighted by molar-refractivity contribution is 7.92. The van der Waals surface area contributed by atoms with Gasteiger partial charge in [0, 0.05) is 27.3 Å². The maximum Gasteiger partial charge on any atom is 0.229 e. The fourth-order valence-electron chi connectivity index (χ4n) is 3.44. The first-order valence-corrected chi connectivity index (χ1v) is 12.1. The van der Waals surface area contributed by atoms with Crippen LogP contribution in [-0.2, 0) is 10.0 Å². The van der Waals surface area contributed by atoms with Crippen LogP contribution in [0.3, 0.4) is 0 Å². The van der Waals surface area contributed by atoms with E-state index in [1.54, 1.807) is 29.7 Å². The van der Waals surface area contributed by atoms with Gasteiger partial charge in [0.25, 0.3) is 0 Å². The number of benzene rings is 1. The molecule has 0 bridgehead atoms. The quantitative estimate of drug-likeness (QED) is 0.580. The summed E-state index contributed by atoms with van der Waals surface area (Å²) in [4.78, 5) is 9.02. The fourth-order valence-corrected chi connectivity index (χ4v) is 5.35. The Morgan fingerprint density at radius 2 is 1.90 bits per heavy atom. The fraction of sp³-hybridized carbons (Fsp3) is 0.200. The van der Waals surface area contributed by atoms with Crippen molar-refractivity contribution in [3.05, 3.63) is 76.2 Å². The Hall–Kier alpha value is -2.49. The van der Waals surface area contributed by atoms with Crippen molar-refractivity contribution < 1.29 is 8.42 Å². The lowest BCUT2D eigenvalue weighted by Crippen LogP contribution is -2.29. The van der Waals surface area contributed by atoms with Gasteiger partial charge in [0.2, 0.25) is 10.0 Å². The van der Waals surface area contributed by atoms with Crippen molar-refractivity contribution in [3.63, 3.8) is 0 Å². The van der Waals surface area contributed by atoms with E-state index in [9.17, 15) is 8.42 Å². The van der Waals surface area contributed by atoms with E-state index in [4.69, 9.17) is 12.2 Å². The Kier molecular flexibility index (Phi) is 5.28. The molecule has 150 valence electrons. The van der Waals surface area contributed by atoms with E-state index in [2.05, 4.69) is 39.0 Å². The number of hydrogen-bond donors (Lipinski definition) is 2. The molecular weight excluding hydrogens is 424 g/mol. The summed E-state index contributed by atoms with van der Waals surface area (Å²) in [5.74, 6) is 0. The first-order valence-electron chi connectivity index (χ1n) is 8.97. The van der Waals surface area contributed by atoms with Gasteiger partial charge in [0.05, 0.1) is 24.0 Å². The van der Waals surface area contributed by atoms with Crippen LogP contribution in [0.4, 0.5) is 11.4 Å². The van der Waals surface area contributed by atoms with Crippen LogP contribution in [0.5, 0.6) is 0 Å². The van der Waals surface area contributed by atoms with Crippen molar-refractivity contribution >= 4 is 50.1 Å². The summed E-state index contributed by atoms with van der Waals surface area (Å²) in [6, 6.07) is 17.2. The first-order chi connectivity index (χ1) is 13.8. The van der Waals surface area contributed by atoms with Crippen LogP contribution >= 0.6 is 23.6 Å². The normalized spacial score (nSPS) is 19.2. The zero-order chi connectivity index (χ0) is 20.6. The highest BCUT2D eigenvalue weighted by Gasteiger charge is 2.41. The third kappa shape index (κ3) is 4.26. The average Bonchev–Trinajstić information content (AvgIpc) is 3.25. The second-order valence-electron chi connectivity index (χ2n) is 6.87. The molecule has 2 aromatic heterocycles. The van der Waals surface area contributed by atoms with Gasteiger partial charge in [0.1, 0.15) is 0 Å². The van der Waals surface area contributed by atoms with E-state index in [1.165, 1.54) is 9.75 Å². The Labute approximate surface area is 179 Å². The summed E-state index contributed by atoms with van der Waals surface area (Å²) >= 11 is 7.42. The molecule has 1 aromatic carbocycles. The van der Waals surface area contributed by atoms with Crippen LogP contribution in [0.1, 0.15) is 27.5 Å². The molecule has 1 aliphatic rings. The molecule has 0 unspecified atom stereocenters. The van der Waals surface area contributed by atoms with Gasteiger partial charge in [-0.2, -0.15) is 0 Å². The smallest absolute Gasteiger partial charge is 0.229 e. The number of aryl methyl sites for hydroxylation is 1. The number of nitrogens with one attached hydrogen (secondary N) is 2. The molecular formula is C20H20N4O2S3. The summed E-state index contributed by atoms with van der Waals surface area (Å²) in [5, 5.41) is 4.03. The number of anilines is 2. The topological polar surface area (TPSA) is 74.3 Å². The molecule has 4 rings (SSSR count). The SMILES string of the molecule is Cc1ccc([C@H]2[C@@H](c3ccccn3)NC(=S)N2c2ccc(NS(C)(=O)=O)cc2)s1. The largest absolute Gasteiger partial charge is 0.351 e. The lowest BCUT2D eigenvalue weighted by Gasteiger charge is -2.27. The molecule has 2 atom stereocenters. The maximum atomic E-state index is 11.5. The number of thiophene rings is 1. The zero-order valence-electron chi connectivity index (χ0n) is 15.9. The first kappa shape index (κ1) is 19.8. The van der Waals surface area contributed by atoms with E-state index in [0.29, 0.717) is 10.8 Å². The van der Waals surface area contributed by atoms with Gasteiger partial charge < -0.3 is 10.2 Å². The van der Waals surface area contributed by atoms with Crippen LogP contribution in [0, 0.1) is 6.92 Å². The second-order valence-corrected chi connectivity index (χ2v) is 10.3. The van der Waals surface area contributed by atoms with Gasteiger partial charge in [-0.3, -0.25) is 9.71 Å². The highest BCUT2D eigenvalue weighted by Crippen LogP contribution is 2.43. The van der Waals surface area contributed by atoms with Gasteiger partial charge in [0.15, 0.2) is 5.11 Å². The van der Waals surface area contributed by atoms with Gasteiger partial charge >= 0.3 is 0 Å². The van der Waals surface area contributed by atoms with Gasteiger partial charge in [-0.15, -0.1) is 11.3 Å². The molecule has 3 aromatic rings. The number of thiocarbonyl (C=S) groups is 1. The van der Waals surface area contributed by atoms with E-state index < -0.39 is 10.0 Å². The lowest BCUT2D eigenvalue weighted by atomic mass is 10.0. The van der Waals surface area contributed by atoms with Crippen molar-refractivity contribution in [1.82, 2.24) is 10.3 Å². The molecule has 2 N–H and O–H groups in total. The predicted molar refractivity (Wildman–Crippen MR) is 122 cm³/mol. The Morgan fingerprint density at radius 3 is 2.48 bits per heavy atom.